The van der Waals surface area contributed by atoms with Gasteiger partial charge in [-0.1, -0.05) is 6.42 Å². The summed E-state index contributed by atoms with van der Waals surface area (Å²) in [6.07, 6.45) is 3.98. The summed E-state index contributed by atoms with van der Waals surface area (Å²) >= 11 is 5.36. The first-order valence-corrected chi connectivity index (χ1v) is 6.01. The minimum absolute atomic E-state index is 0.597. The molecule has 2 heterocycles. The Morgan fingerprint density at radius 3 is 3.00 bits per heavy atom. The van der Waals surface area contributed by atoms with E-state index in [-0.39, 0.29) is 0 Å². The second-order valence-electron chi connectivity index (χ2n) is 3.15. The van der Waals surface area contributed by atoms with E-state index in [1.165, 1.54) is 35.2 Å². The molecule has 1 aromatic heterocycles. The number of thiophene rings is 1. The van der Waals surface area contributed by atoms with Gasteiger partial charge in [0.05, 0.1) is 3.79 Å². The SMILES string of the molecule is Brc1sccc1[C@H]1CCCCN1. The zero-order chi connectivity index (χ0) is 8.39. The van der Waals surface area contributed by atoms with Gasteiger partial charge in [-0.05, 0) is 52.3 Å². The van der Waals surface area contributed by atoms with Crippen molar-refractivity contribution in [2.24, 2.45) is 0 Å². The average molecular weight is 246 g/mol. The first kappa shape index (κ1) is 8.73. The number of piperidine rings is 1. The average Bonchev–Trinajstić information content (AvgIpc) is 2.53. The zero-order valence-corrected chi connectivity index (χ0v) is 9.25. The third-order valence-corrected chi connectivity index (χ3v) is 4.07. The second-order valence-corrected chi connectivity index (χ2v) is 5.39. The Morgan fingerprint density at radius 2 is 2.42 bits per heavy atom. The summed E-state index contributed by atoms with van der Waals surface area (Å²) in [6.45, 7) is 1.17. The van der Waals surface area contributed by atoms with E-state index >= 15 is 0 Å². The van der Waals surface area contributed by atoms with Gasteiger partial charge >= 0.3 is 0 Å². The summed E-state index contributed by atoms with van der Waals surface area (Å²) in [5, 5.41) is 5.69. The van der Waals surface area contributed by atoms with Crippen molar-refractivity contribution in [2.75, 3.05) is 6.54 Å². The molecule has 3 heteroatoms. The van der Waals surface area contributed by atoms with Crippen molar-refractivity contribution >= 4 is 27.3 Å². The predicted molar refractivity (Wildman–Crippen MR) is 56.6 cm³/mol. The number of halogens is 1. The molecule has 0 aromatic carbocycles. The van der Waals surface area contributed by atoms with Crippen molar-refractivity contribution in [3.8, 4) is 0 Å². The summed E-state index contributed by atoms with van der Waals surface area (Å²) in [6, 6.07) is 2.82. The van der Waals surface area contributed by atoms with E-state index in [0.717, 1.165) is 0 Å². The number of hydrogen-bond donors (Lipinski definition) is 1. The molecule has 2 rings (SSSR count). The van der Waals surface area contributed by atoms with Crippen molar-refractivity contribution in [1.82, 2.24) is 5.32 Å². The highest BCUT2D eigenvalue weighted by Crippen LogP contribution is 2.32. The van der Waals surface area contributed by atoms with Crippen LogP contribution in [0.5, 0.6) is 0 Å². The molecule has 1 atom stereocenters. The smallest absolute Gasteiger partial charge is 0.0746 e. The molecule has 1 aliphatic rings. The molecule has 0 spiro atoms. The Labute approximate surface area is 85.3 Å². The summed E-state index contributed by atoms with van der Waals surface area (Å²) in [5.74, 6) is 0. The molecule has 1 aromatic rings. The second kappa shape index (κ2) is 3.90. The summed E-state index contributed by atoms with van der Waals surface area (Å²) in [7, 11) is 0. The molecule has 1 fully saturated rings. The summed E-state index contributed by atoms with van der Waals surface area (Å²) < 4.78 is 1.29. The Kier molecular flexibility index (Phi) is 2.84. The maximum Gasteiger partial charge on any atom is 0.0746 e. The van der Waals surface area contributed by atoms with Crippen LogP contribution in [-0.4, -0.2) is 6.54 Å². The highest BCUT2D eigenvalue weighted by Gasteiger charge is 2.17. The third kappa shape index (κ3) is 1.73. The molecule has 0 unspecified atom stereocenters. The van der Waals surface area contributed by atoms with E-state index in [4.69, 9.17) is 0 Å². The molecule has 1 saturated heterocycles. The number of rotatable bonds is 1. The number of nitrogens with one attached hydrogen (secondary N) is 1. The fourth-order valence-corrected chi connectivity index (χ4v) is 3.08. The third-order valence-electron chi connectivity index (χ3n) is 2.33. The Hall–Kier alpha value is 0.140. The predicted octanol–water partition coefficient (Wildman–Crippen LogP) is 3.33. The van der Waals surface area contributed by atoms with Crippen molar-refractivity contribution in [2.45, 2.75) is 25.3 Å². The van der Waals surface area contributed by atoms with Crippen LogP contribution in [-0.2, 0) is 0 Å². The van der Waals surface area contributed by atoms with Crippen LogP contribution in [0.4, 0.5) is 0 Å². The van der Waals surface area contributed by atoms with Gasteiger partial charge in [-0.2, -0.15) is 0 Å². The van der Waals surface area contributed by atoms with E-state index in [9.17, 15) is 0 Å². The Morgan fingerprint density at radius 1 is 1.50 bits per heavy atom. The highest BCUT2D eigenvalue weighted by atomic mass is 79.9. The van der Waals surface area contributed by atoms with Gasteiger partial charge in [0, 0.05) is 6.04 Å². The molecule has 1 aliphatic heterocycles. The van der Waals surface area contributed by atoms with Crippen LogP contribution in [0.25, 0.3) is 0 Å². The largest absolute Gasteiger partial charge is 0.310 e. The first-order valence-electron chi connectivity index (χ1n) is 4.34. The Balaban J connectivity index is 2.13. The van der Waals surface area contributed by atoms with Gasteiger partial charge in [-0.15, -0.1) is 11.3 Å². The lowest BCUT2D eigenvalue weighted by atomic mass is 10.0. The maximum atomic E-state index is 3.58. The van der Waals surface area contributed by atoms with Gasteiger partial charge in [0.25, 0.3) is 0 Å². The monoisotopic (exact) mass is 245 g/mol. The molecule has 0 saturated carbocycles. The molecule has 1 N–H and O–H groups in total. The van der Waals surface area contributed by atoms with Crippen LogP contribution >= 0.6 is 27.3 Å². The lowest BCUT2D eigenvalue weighted by molar-refractivity contribution is 0.412. The van der Waals surface area contributed by atoms with Crippen molar-refractivity contribution in [1.29, 1.82) is 0 Å². The number of hydrogen-bond acceptors (Lipinski definition) is 2. The minimum Gasteiger partial charge on any atom is -0.310 e. The van der Waals surface area contributed by atoms with E-state index in [2.05, 4.69) is 32.7 Å². The topological polar surface area (TPSA) is 12.0 Å². The molecule has 1 nitrogen and oxygen atoms in total. The van der Waals surface area contributed by atoms with Gasteiger partial charge in [-0.25, -0.2) is 0 Å². The van der Waals surface area contributed by atoms with Gasteiger partial charge < -0.3 is 5.32 Å². The molecular weight excluding hydrogens is 234 g/mol. The zero-order valence-electron chi connectivity index (χ0n) is 6.85. The summed E-state index contributed by atoms with van der Waals surface area (Å²) in [5.41, 5.74) is 1.44. The molecule has 12 heavy (non-hydrogen) atoms. The Bertz CT molecular complexity index is 253. The molecular formula is C9H12BrNS. The minimum atomic E-state index is 0.597. The maximum absolute atomic E-state index is 3.58. The quantitative estimate of drug-likeness (QED) is 0.801. The molecule has 0 bridgehead atoms. The van der Waals surface area contributed by atoms with Crippen molar-refractivity contribution < 1.29 is 0 Å². The van der Waals surface area contributed by atoms with Crippen molar-refractivity contribution in [3.05, 3.63) is 20.8 Å². The van der Waals surface area contributed by atoms with Crippen LogP contribution in [0.15, 0.2) is 15.2 Å². The van der Waals surface area contributed by atoms with Gasteiger partial charge in [0.2, 0.25) is 0 Å². The highest BCUT2D eigenvalue weighted by molar-refractivity contribution is 9.11. The van der Waals surface area contributed by atoms with Crippen molar-refractivity contribution in [3.63, 3.8) is 0 Å². The van der Waals surface area contributed by atoms with Gasteiger partial charge in [-0.3, -0.25) is 0 Å². The normalized spacial score (nSPS) is 24.2. The molecule has 0 radical (unpaired) electrons. The fourth-order valence-electron chi connectivity index (χ4n) is 1.67. The molecule has 66 valence electrons. The first-order chi connectivity index (χ1) is 5.88. The molecule has 0 aliphatic carbocycles. The summed E-state index contributed by atoms with van der Waals surface area (Å²) in [4.78, 5) is 0. The van der Waals surface area contributed by atoms with Gasteiger partial charge in [0.15, 0.2) is 0 Å². The van der Waals surface area contributed by atoms with Crippen LogP contribution < -0.4 is 5.32 Å². The van der Waals surface area contributed by atoms with E-state index in [1.54, 1.807) is 11.3 Å². The van der Waals surface area contributed by atoms with Crippen LogP contribution in [0, 0.1) is 0 Å². The van der Waals surface area contributed by atoms with Crippen LogP contribution in [0.1, 0.15) is 30.9 Å². The standard InChI is InChI=1S/C9H12BrNS/c10-9-7(4-6-12-9)8-3-1-2-5-11-8/h4,6,8,11H,1-3,5H2/t8-/m1/s1. The lowest BCUT2D eigenvalue weighted by Gasteiger charge is -2.23. The van der Waals surface area contributed by atoms with Crippen LogP contribution in [0.2, 0.25) is 0 Å². The van der Waals surface area contributed by atoms with E-state index < -0.39 is 0 Å². The van der Waals surface area contributed by atoms with Crippen LogP contribution in [0.3, 0.4) is 0 Å². The van der Waals surface area contributed by atoms with E-state index in [0.29, 0.717) is 6.04 Å². The fraction of sp³-hybridized carbons (Fsp3) is 0.556. The van der Waals surface area contributed by atoms with E-state index in [1.807, 2.05) is 0 Å². The lowest BCUT2D eigenvalue weighted by Crippen LogP contribution is -2.26. The molecule has 0 amide bonds. The van der Waals surface area contributed by atoms with Gasteiger partial charge in [0.1, 0.15) is 0 Å².